The maximum atomic E-state index is 12.6. The first-order chi connectivity index (χ1) is 13.1. The molecule has 3 atom stereocenters. The Morgan fingerprint density at radius 1 is 1.15 bits per heavy atom. The van der Waals surface area contributed by atoms with E-state index >= 15 is 0 Å². The van der Waals surface area contributed by atoms with E-state index in [0.29, 0.717) is 29.3 Å². The quantitative estimate of drug-likeness (QED) is 0.787. The molecule has 1 saturated heterocycles. The van der Waals surface area contributed by atoms with Gasteiger partial charge < -0.3 is 10.1 Å². The first-order valence-electron chi connectivity index (χ1n) is 10.6. The third kappa shape index (κ3) is 3.89. The van der Waals surface area contributed by atoms with Crippen LogP contribution in [0.2, 0.25) is 0 Å². The number of nitrogens with one attached hydrogen (secondary N) is 2. The molecule has 0 amide bonds. The van der Waals surface area contributed by atoms with Crippen LogP contribution in [0, 0.1) is 11.8 Å². The summed E-state index contributed by atoms with van der Waals surface area (Å²) < 4.78 is 34.1. The van der Waals surface area contributed by atoms with E-state index in [1.807, 2.05) is 19.1 Å². The first-order valence-corrected chi connectivity index (χ1v) is 12.1. The third-order valence-electron chi connectivity index (χ3n) is 6.49. The summed E-state index contributed by atoms with van der Waals surface area (Å²) in [7, 11) is -3.46. The van der Waals surface area contributed by atoms with Crippen LogP contribution in [0.3, 0.4) is 0 Å². The van der Waals surface area contributed by atoms with Crippen molar-refractivity contribution in [3.63, 3.8) is 0 Å². The van der Waals surface area contributed by atoms with E-state index in [4.69, 9.17) is 4.74 Å². The number of hydrogen-bond acceptors (Lipinski definition) is 4. The van der Waals surface area contributed by atoms with Gasteiger partial charge in [-0.1, -0.05) is 26.2 Å². The van der Waals surface area contributed by atoms with E-state index in [1.165, 1.54) is 32.1 Å². The second-order valence-electron chi connectivity index (χ2n) is 8.31. The second-order valence-corrected chi connectivity index (χ2v) is 10.1. The Balaban J connectivity index is 1.65. The molecule has 2 fully saturated rings. The van der Waals surface area contributed by atoms with Crippen LogP contribution in [0.25, 0.3) is 0 Å². The fraction of sp³-hybridized carbons (Fsp3) is 0.714. The van der Waals surface area contributed by atoms with E-state index in [9.17, 15) is 8.42 Å². The highest BCUT2D eigenvalue weighted by Gasteiger charge is 2.42. The maximum absolute atomic E-state index is 12.6. The fourth-order valence-corrected chi connectivity index (χ4v) is 6.30. The summed E-state index contributed by atoms with van der Waals surface area (Å²) in [5.41, 5.74) is 2.08. The SMILES string of the molecule is CCCNS(=O)(=O)c1ccc2c(c1)[C@H]1OCCC[C@H]1[C@@H](C1CCCCC1)N2. The number of fused-ring (bicyclic) bond motifs is 3. The largest absolute Gasteiger partial charge is 0.381 e. The van der Waals surface area contributed by atoms with Gasteiger partial charge in [0.05, 0.1) is 11.0 Å². The topological polar surface area (TPSA) is 67.4 Å². The van der Waals surface area contributed by atoms with Gasteiger partial charge in [-0.05, 0) is 56.2 Å². The first kappa shape index (κ1) is 19.2. The lowest BCUT2D eigenvalue weighted by molar-refractivity contribution is -0.0459. The Kier molecular flexibility index (Phi) is 5.76. The Morgan fingerprint density at radius 2 is 1.96 bits per heavy atom. The number of ether oxygens (including phenoxy) is 1. The van der Waals surface area contributed by atoms with Crippen molar-refractivity contribution in [1.82, 2.24) is 4.72 Å². The van der Waals surface area contributed by atoms with Crippen molar-refractivity contribution in [3.8, 4) is 0 Å². The summed E-state index contributed by atoms with van der Waals surface area (Å²) in [6.45, 7) is 3.19. The minimum absolute atomic E-state index is 0.0169. The third-order valence-corrected chi connectivity index (χ3v) is 7.95. The number of hydrogen-bond donors (Lipinski definition) is 2. The van der Waals surface area contributed by atoms with Gasteiger partial charge in [0, 0.05) is 36.4 Å². The van der Waals surface area contributed by atoms with Crippen LogP contribution < -0.4 is 10.0 Å². The molecule has 1 aromatic carbocycles. The number of anilines is 1. The van der Waals surface area contributed by atoms with E-state index in [0.717, 1.165) is 37.1 Å². The summed E-state index contributed by atoms with van der Waals surface area (Å²) in [6, 6.07) is 5.95. The van der Waals surface area contributed by atoms with Crippen molar-refractivity contribution in [2.45, 2.75) is 75.3 Å². The molecule has 3 aliphatic rings. The average Bonchev–Trinajstić information content (AvgIpc) is 2.72. The number of benzene rings is 1. The van der Waals surface area contributed by atoms with Crippen LogP contribution in [0.15, 0.2) is 23.1 Å². The van der Waals surface area contributed by atoms with Crippen molar-refractivity contribution in [1.29, 1.82) is 0 Å². The molecule has 6 heteroatoms. The Bertz CT molecular complexity index is 759. The predicted molar refractivity (Wildman–Crippen MR) is 107 cm³/mol. The monoisotopic (exact) mass is 392 g/mol. The van der Waals surface area contributed by atoms with Crippen molar-refractivity contribution in [2.24, 2.45) is 11.8 Å². The van der Waals surface area contributed by atoms with Gasteiger partial charge >= 0.3 is 0 Å². The number of sulfonamides is 1. The van der Waals surface area contributed by atoms with E-state index in [-0.39, 0.29) is 6.10 Å². The van der Waals surface area contributed by atoms with E-state index in [2.05, 4.69) is 10.0 Å². The fourth-order valence-electron chi connectivity index (χ4n) is 5.13. The van der Waals surface area contributed by atoms with Crippen molar-refractivity contribution in [3.05, 3.63) is 23.8 Å². The standard InChI is InChI=1S/C21H32N2O3S/c1-2-12-22-27(24,25)16-10-11-19-18(14-16)21-17(9-6-13-26-21)20(23-19)15-7-4-3-5-8-15/h10-11,14-15,17,20-23H,2-9,12-13H2,1H3/t17-,20+,21-/m0/s1. The van der Waals surface area contributed by atoms with E-state index < -0.39 is 10.0 Å². The van der Waals surface area contributed by atoms with Gasteiger partial charge in [0.1, 0.15) is 0 Å². The van der Waals surface area contributed by atoms with Gasteiger partial charge in [0.25, 0.3) is 0 Å². The normalized spacial score (nSPS) is 28.9. The summed E-state index contributed by atoms with van der Waals surface area (Å²) in [6.07, 6.45) is 9.65. The zero-order valence-electron chi connectivity index (χ0n) is 16.2. The highest BCUT2D eigenvalue weighted by atomic mass is 32.2. The molecule has 0 spiro atoms. The van der Waals surface area contributed by atoms with Gasteiger partial charge in [-0.2, -0.15) is 0 Å². The minimum Gasteiger partial charge on any atom is -0.381 e. The molecule has 2 N–H and O–H groups in total. The van der Waals surface area contributed by atoms with Gasteiger partial charge in [-0.15, -0.1) is 0 Å². The van der Waals surface area contributed by atoms with Gasteiger partial charge in [0.2, 0.25) is 10.0 Å². The average molecular weight is 393 g/mol. The molecule has 1 aliphatic carbocycles. The predicted octanol–water partition coefficient (Wildman–Crippen LogP) is 4.22. The van der Waals surface area contributed by atoms with Gasteiger partial charge in [-0.25, -0.2) is 13.1 Å². The summed E-state index contributed by atoms with van der Waals surface area (Å²) in [5, 5.41) is 3.79. The lowest BCUT2D eigenvalue weighted by Gasteiger charge is -2.47. The highest BCUT2D eigenvalue weighted by Crippen LogP contribution is 2.48. The molecule has 150 valence electrons. The minimum atomic E-state index is -3.46. The lowest BCUT2D eigenvalue weighted by atomic mass is 9.71. The molecular weight excluding hydrogens is 360 g/mol. The molecule has 0 bridgehead atoms. The van der Waals surface area contributed by atoms with Crippen molar-refractivity contribution < 1.29 is 13.2 Å². The van der Waals surface area contributed by atoms with Crippen LogP contribution in [0.5, 0.6) is 0 Å². The van der Waals surface area contributed by atoms with Crippen LogP contribution in [0.1, 0.15) is 70.0 Å². The van der Waals surface area contributed by atoms with Crippen LogP contribution >= 0.6 is 0 Å². The van der Waals surface area contributed by atoms with Crippen molar-refractivity contribution in [2.75, 3.05) is 18.5 Å². The molecule has 0 aromatic heterocycles. The Hall–Kier alpha value is -1.11. The van der Waals surface area contributed by atoms with Crippen LogP contribution in [0.4, 0.5) is 5.69 Å². The summed E-state index contributed by atoms with van der Waals surface area (Å²) in [4.78, 5) is 0.348. The van der Waals surface area contributed by atoms with Gasteiger partial charge in [-0.3, -0.25) is 0 Å². The Morgan fingerprint density at radius 3 is 2.74 bits per heavy atom. The number of rotatable bonds is 5. The van der Waals surface area contributed by atoms with Crippen LogP contribution in [-0.4, -0.2) is 27.6 Å². The zero-order valence-corrected chi connectivity index (χ0v) is 17.1. The second kappa shape index (κ2) is 8.10. The van der Waals surface area contributed by atoms with Gasteiger partial charge in [0.15, 0.2) is 0 Å². The summed E-state index contributed by atoms with van der Waals surface area (Å²) in [5.74, 6) is 1.15. The highest BCUT2D eigenvalue weighted by molar-refractivity contribution is 7.89. The molecule has 5 nitrogen and oxygen atoms in total. The molecular formula is C21H32N2O3S. The van der Waals surface area contributed by atoms with Crippen molar-refractivity contribution >= 4 is 15.7 Å². The maximum Gasteiger partial charge on any atom is 0.240 e. The molecule has 2 aliphatic heterocycles. The molecule has 0 radical (unpaired) electrons. The Labute approximate surface area is 163 Å². The van der Waals surface area contributed by atoms with Crippen LogP contribution in [-0.2, 0) is 14.8 Å². The molecule has 2 heterocycles. The molecule has 1 aromatic rings. The molecule has 1 saturated carbocycles. The van der Waals surface area contributed by atoms with E-state index in [1.54, 1.807) is 6.07 Å². The smallest absolute Gasteiger partial charge is 0.240 e. The lowest BCUT2D eigenvalue weighted by Crippen LogP contribution is -2.46. The summed E-state index contributed by atoms with van der Waals surface area (Å²) >= 11 is 0. The molecule has 4 rings (SSSR count). The molecule has 0 unspecified atom stereocenters. The molecule has 27 heavy (non-hydrogen) atoms. The zero-order chi connectivity index (χ0) is 18.9.